The van der Waals surface area contributed by atoms with E-state index in [1.54, 1.807) is 18.2 Å². The van der Waals surface area contributed by atoms with Gasteiger partial charge in [-0.15, -0.1) is 0 Å². The van der Waals surface area contributed by atoms with Crippen LogP contribution in [0.5, 0.6) is 0 Å². The minimum Gasteiger partial charge on any atom is -0.464 e. The summed E-state index contributed by atoms with van der Waals surface area (Å²) >= 11 is 0. The molecule has 1 aromatic carbocycles. The second-order valence-corrected chi connectivity index (χ2v) is 11.5. The molecule has 0 bridgehead atoms. The summed E-state index contributed by atoms with van der Waals surface area (Å²) in [4.78, 5) is 72.8. The lowest BCUT2D eigenvalue weighted by Crippen LogP contribution is -2.45. The van der Waals surface area contributed by atoms with E-state index in [-0.39, 0.29) is 64.5 Å². The number of ether oxygens (including phenoxy) is 6. The summed E-state index contributed by atoms with van der Waals surface area (Å²) in [6.07, 6.45) is 4.18. The van der Waals surface area contributed by atoms with Crippen molar-refractivity contribution in [3.05, 3.63) is 85.5 Å². The Morgan fingerprint density at radius 1 is 0.673 bits per heavy atom. The monoisotopic (exact) mass is 686 g/mol. The van der Waals surface area contributed by atoms with E-state index >= 15 is 0 Å². The molecule has 0 aliphatic carbocycles. The van der Waals surface area contributed by atoms with Crippen LogP contribution >= 0.6 is 0 Å². The minimum atomic E-state index is -1.47. The molecule has 1 aromatic rings. The lowest BCUT2D eigenvalue weighted by atomic mass is 9.85. The standard InChI is InChI=1S/C36H46O13/c1-7-30(39)45-21-35(14-11-15-37,22-46-31(40)8-2)19-44-20-36(23-47-32(41)9-3,24-48-33(42)10-4)25-49-34(43)18-28-13-12-26(5)29(17-28)16-27(6)38/h7-10,12-13,17,37H,1-4,11,14-16,18-25H2,5-6H3. The van der Waals surface area contributed by atoms with Crippen molar-refractivity contribution in [2.75, 3.05) is 52.9 Å². The van der Waals surface area contributed by atoms with Gasteiger partial charge in [0, 0.05) is 37.3 Å². The SMILES string of the molecule is C=CC(=O)OCC(CCCO)(COCC(COC(=O)C=C)(COC(=O)C=C)COC(=O)Cc1ccc(C)c(CC(C)=O)c1)COC(=O)C=C. The first kappa shape index (κ1) is 42.1. The highest BCUT2D eigenvalue weighted by atomic mass is 16.6. The van der Waals surface area contributed by atoms with Crippen LogP contribution in [0.25, 0.3) is 0 Å². The molecule has 0 saturated heterocycles. The highest BCUT2D eigenvalue weighted by Crippen LogP contribution is 2.29. The van der Waals surface area contributed by atoms with E-state index in [2.05, 4.69) is 26.3 Å². The number of carbonyl (C=O) groups excluding carboxylic acids is 6. The van der Waals surface area contributed by atoms with E-state index in [1.807, 2.05) is 6.92 Å². The van der Waals surface area contributed by atoms with Crippen LogP contribution < -0.4 is 0 Å². The molecule has 0 spiro atoms. The maximum Gasteiger partial charge on any atom is 0.330 e. The largest absolute Gasteiger partial charge is 0.464 e. The van der Waals surface area contributed by atoms with E-state index in [0.29, 0.717) is 5.56 Å². The zero-order valence-electron chi connectivity index (χ0n) is 28.2. The Kier molecular flexibility index (Phi) is 18.8. The van der Waals surface area contributed by atoms with Crippen LogP contribution in [0.4, 0.5) is 0 Å². The Morgan fingerprint density at radius 2 is 1.12 bits per heavy atom. The molecule has 0 heterocycles. The first-order chi connectivity index (χ1) is 23.3. The van der Waals surface area contributed by atoms with Gasteiger partial charge in [0.05, 0.1) is 30.5 Å². The van der Waals surface area contributed by atoms with Gasteiger partial charge in [0.2, 0.25) is 0 Å². The number of carbonyl (C=O) groups is 6. The first-order valence-electron chi connectivity index (χ1n) is 15.4. The van der Waals surface area contributed by atoms with Gasteiger partial charge < -0.3 is 33.5 Å². The Hall–Kier alpha value is -4.88. The smallest absolute Gasteiger partial charge is 0.330 e. The summed E-state index contributed by atoms with van der Waals surface area (Å²) in [5.41, 5.74) is -0.387. The number of hydrogen-bond donors (Lipinski definition) is 1. The summed E-state index contributed by atoms with van der Waals surface area (Å²) in [5.74, 6) is -3.83. The van der Waals surface area contributed by atoms with Crippen molar-refractivity contribution in [3.63, 3.8) is 0 Å². The molecule has 268 valence electrons. The molecular formula is C36H46O13. The van der Waals surface area contributed by atoms with E-state index in [0.717, 1.165) is 35.4 Å². The molecule has 0 aliphatic heterocycles. The van der Waals surface area contributed by atoms with E-state index in [1.165, 1.54) is 6.92 Å². The van der Waals surface area contributed by atoms with E-state index in [4.69, 9.17) is 28.4 Å². The molecule has 0 aliphatic rings. The van der Waals surface area contributed by atoms with E-state index in [9.17, 15) is 33.9 Å². The quantitative estimate of drug-likeness (QED) is 0.0903. The number of Topliss-reactive ketones (excluding diaryl/α,β-unsaturated/α-hetero) is 1. The second-order valence-electron chi connectivity index (χ2n) is 11.5. The molecule has 0 atom stereocenters. The maximum atomic E-state index is 13.1. The summed E-state index contributed by atoms with van der Waals surface area (Å²) in [6, 6.07) is 5.28. The molecule has 1 N–H and O–H groups in total. The van der Waals surface area contributed by atoms with Crippen LogP contribution in [-0.4, -0.2) is 93.6 Å². The number of aryl methyl sites for hydroxylation is 1. The number of aliphatic hydroxyl groups excluding tert-OH is 1. The molecule has 1 rings (SSSR count). The average Bonchev–Trinajstić information content (AvgIpc) is 3.09. The van der Waals surface area contributed by atoms with Gasteiger partial charge in [0.25, 0.3) is 0 Å². The summed E-state index contributed by atoms with van der Waals surface area (Å²) in [7, 11) is 0. The van der Waals surface area contributed by atoms with Crippen molar-refractivity contribution in [1.82, 2.24) is 0 Å². The molecule has 13 heteroatoms. The van der Waals surface area contributed by atoms with Crippen molar-refractivity contribution in [3.8, 4) is 0 Å². The topological polar surface area (TPSA) is 178 Å². The minimum absolute atomic E-state index is 0.0335. The maximum absolute atomic E-state index is 13.1. The van der Waals surface area contributed by atoms with Crippen LogP contribution in [-0.2, 0) is 70.0 Å². The number of hydrogen-bond acceptors (Lipinski definition) is 13. The van der Waals surface area contributed by atoms with Gasteiger partial charge >= 0.3 is 29.8 Å². The molecule has 0 radical (unpaired) electrons. The molecule has 0 fully saturated rings. The lowest BCUT2D eigenvalue weighted by Gasteiger charge is -2.35. The third kappa shape index (κ3) is 16.2. The number of benzene rings is 1. The predicted octanol–water partition coefficient (Wildman–Crippen LogP) is 2.89. The Morgan fingerprint density at radius 3 is 1.57 bits per heavy atom. The van der Waals surface area contributed by atoms with Crippen LogP contribution in [0.15, 0.2) is 68.8 Å². The third-order valence-electron chi connectivity index (χ3n) is 7.17. The molecule has 0 unspecified atom stereocenters. The normalized spacial score (nSPS) is 11.0. The molecule has 0 amide bonds. The first-order valence-corrected chi connectivity index (χ1v) is 15.4. The zero-order valence-corrected chi connectivity index (χ0v) is 28.2. The fourth-order valence-electron chi connectivity index (χ4n) is 4.41. The van der Waals surface area contributed by atoms with Gasteiger partial charge in [-0.05, 0) is 43.4 Å². The van der Waals surface area contributed by atoms with Gasteiger partial charge in [-0.2, -0.15) is 0 Å². The number of rotatable bonds is 25. The average molecular weight is 687 g/mol. The molecule has 0 aromatic heterocycles. The van der Waals surface area contributed by atoms with Gasteiger partial charge in [0.1, 0.15) is 38.8 Å². The van der Waals surface area contributed by atoms with Crippen molar-refractivity contribution >= 4 is 35.6 Å². The Balaban J connectivity index is 3.38. The van der Waals surface area contributed by atoms with Crippen molar-refractivity contribution in [2.24, 2.45) is 10.8 Å². The highest BCUT2D eigenvalue weighted by Gasteiger charge is 2.39. The number of aliphatic hydroxyl groups is 1. The number of esters is 5. The fourth-order valence-corrected chi connectivity index (χ4v) is 4.41. The van der Waals surface area contributed by atoms with Gasteiger partial charge in [-0.3, -0.25) is 9.59 Å². The molecular weight excluding hydrogens is 640 g/mol. The van der Waals surface area contributed by atoms with Crippen LogP contribution in [0.2, 0.25) is 0 Å². The van der Waals surface area contributed by atoms with Gasteiger partial charge in [-0.1, -0.05) is 44.5 Å². The van der Waals surface area contributed by atoms with Gasteiger partial charge in [0.15, 0.2) is 0 Å². The molecule has 49 heavy (non-hydrogen) atoms. The summed E-state index contributed by atoms with van der Waals surface area (Å²) in [5, 5.41) is 9.55. The number of ketones is 1. The van der Waals surface area contributed by atoms with Crippen molar-refractivity contribution < 1.29 is 62.3 Å². The zero-order chi connectivity index (χ0) is 36.9. The van der Waals surface area contributed by atoms with Crippen LogP contribution in [0.3, 0.4) is 0 Å². The predicted molar refractivity (Wildman–Crippen MR) is 177 cm³/mol. The highest BCUT2D eigenvalue weighted by molar-refractivity contribution is 5.82. The van der Waals surface area contributed by atoms with Crippen LogP contribution in [0.1, 0.15) is 36.5 Å². The molecule has 0 saturated carbocycles. The summed E-state index contributed by atoms with van der Waals surface area (Å²) < 4.78 is 32.8. The third-order valence-corrected chi connectivity index (χ3v) is 7.17. The van der Waals surface area contributed by atoms with E-state index < -0.39 is 60.5 Å². The van der Waals surface area contributed by atoms with Crippen molar-refractivity contribution in [1.29, 1.82) is 0 Å². The Bertz CT molecular complexity index is 1310. The van der Waals surface area contributed by atoms with Crippen molar-refractivity contribution in [2.45, 2.75) is 39.5 Å². The Labute approximate surface area is 286 Å². The molecule has 13 nitrogen and oxygen atoms in total. The van der Waals surface area contributed by atoms with Gasteiger partial charge in [-0.25, -0.2) is 19.2 Å². The fraction of sp³-hybridized carbons (Fsp3) is 0.444. The van der Waals surface area contributed by atoms with Crippen LogP contribution in [0, 0.1) is 17.8 Å². The lowest BCUT2D eigenvalue weighted by molar-refractivity contribution is -0.167. The second kappa shape index (κ2) is 21.9. The summed E-state index contributed by atoms with van der Waals surface area (Å²) in [6.45, 7) is 14.0.